The van der Waals surface area contributed by atoms with Crippen LogP contribution >= 0.6 is 91.0 Å². The smallest absolute Gasteiger partial charge is 0.339 e. The maximum atomic E-state index is 12.6. The van der Waals surface area contributed by atoms with Crippen molar-refractivity contribution >= 4 is 171 Å². The van der Waals surface area contributed by atoms with Gasteiger partial charge < -0.3 is 23.7 Å². The Labute approximate surface area is 760 Å². The zero-order chi connectivity index (χ0) is 89.4. The molecule has 16 rings (SSSR count). The van der Waals surface area contributed by atoms with Gasteiger partial charge in [0.2, 0.25) is 28.9 Å². The predicted molar refractivity (Wildman–Crippen MR) is 495 cm³/mol. The zero-order valence-electron chi connectivity index (χ0n) is 66.8. The molecule has 636 valence electrons. The van der Waals surface area contributed by atoms with E-state index in [2.05, 4.69) is 24.3 Å². The second-order valence-electron chi connectivity index (χ2n) is 26.8. The van der Waals surface area contributed by atoms with Crippen LogP contribution in [-0.4, -0.2) is 81.8 Å². The van der Waals surface area contributed by atoms with Crippen molar-refractivity contribution in [2.24, 2.45) is 0 Å². The van der Waals surface area contributed by atoms with Gasteiger partial charge in [-0.05, 0) is 147 Å². The van der Waals surface area contributed by atoms with Gasteiger partial charge in [0, 0.05) is 77.5 Å². The third-order valence-corrected chi connectivity index (χ3v) is 25.3. The van der Waals surface area contributed by atoms with Gasteiger partial charge in [-0.15, -0.1) is 79.4 Å². The summed E-state index contributed by atoms with van der Waals surface area (Å²) in [4.78, 5) is 151. The Hall–Kier alpha value is -14.1. The summed E-state index contributed by atoms with van der Waals surface area (Å²) < 4.78 is 27.8. The number of non-ortho nitro benzene ring substituents is 1. The Bertz CT molecular complexity index is 6490. The molecule has 0 atom stereocenters. The first kappa shape index (κ1) is 92.1. The fourth-order valence-electron chi connectivity index (χ4n) is 12.3. The van der Waals surface area contributed by atoms with Gasteiger partial charge in [-0.2, -0.15) is 0 Å². The average Bonchev–Trinajstić information content (AvgIpc) is 1.81. The van der Waals surface area contributed by atoms with Gasteiger partial charge in [0.1, 0.15) is 19.8 Å². The first-order valence-electron chi connectivity index (χ1n) is 38.7. The van der Waals surface area contributed by atoms with Gasteiger partial charge in [-0.1, -0.05) is 200 Å². The molecule has 0 N–H and O–H groups in total. The lowest BCUT2D eigenvalue weighted by Gasteiger charge is -2.09. The first-order chi connectivity index (χ1) is 61.8. The molecule has 0 bridgehead atoms. The molecule has 0 amide bonds. The summed E-state index contributed by atoms with van der Waals surface area (Å²) in [7, 11) is 0. The lowest BCUT2D eigenvalue weighted by Crippen LogP contribution is -2.13. The van der Waals surface area contributed by atoms with E-state index in [9.17, 15) is 68.2 Å². The van der Waals surface area contributed by atoms with Crippen LogP contribution in [0.4, 0.5) is 11.4 Å². The van der Waals surface area contributed by atoms with Crippen LogP contribution in [0.5, 0.6) is 0 Å². The van der Waals surface area contributed by atoms with E-state index in [0.29, 0.717) is 75.8 Å². The van der Waals surface area contributed by atoms with Crippen molar-refractivity contribution in [1.29, 1.82) is 0 Å². The van der Waals surface area contributed by atoms with Crippen molar-refractivity contribution in [2.45, 2.75) is 39.1 Å². The first-order valence-corrected chi connectivity index (χ1v) is 45.2. The Kier molecular flexibility index (Phi) is 33.8. The largest absolute Gasteiger partial charge is 0.462 e. The van der Waals surface area contributed by atoms with E-state index < -0.39 is 39.7 Å². The third-order valence-electron chi connectivity index (χ3n) is 18.5. The molecule has 21 nitrogen and oxygen atoms in total. The summed E-state index contributed by atoms with van der Waals surface area (Å²) in [6.45, 7) is 0.311. The predicted octanol–water partition coefficient (Wildman–Crippen LogP) is 23.9. The zero-order valence-corrected chi connectivity index (χ0v) is 73.3. The quantitative estimate of drug-likeness (QED) is 0.0101. The molecule has 0 aliphatic heterocycles. The van der Waals surface area contributed by atoms with Crippen LogP contribution in [0.2, 0.25) is 5.02 Å². The number of fused-ring (bicyclic) bond motifs is 1. The fraction of sp³-hybridized carbons (Fsp3) is 0.0816. The van der Waals surface area contributed by atoms with Crippen molar-refractivity contribution in [3.63, 3.8) is 0 Å². The number of ether oxygens (including phenoxy) is 5. The molecule has 7 heterocycles. The fourth-order valence-corrected chi connectivity index (χ4v) is 17.7. The summed E-state index contributed by atoms with van der Waals surface area (Å²) in [6, 6.07) is 84.1. The van der Waals surface area contributed by atoms with Gasteiger partial charge in [0.05, 0.1) is 80.8 Å². The van der Waals surface area contributed by atoms with Gasteiger partial charge >= 0.3 is 29.8 Å². The summed E-state index contributed by atoms with van der Waals surface area (Å²) >= 11 is 16.1. The SMILES string of the molecule is O=C(OCCCc1cccs1)c1ccccc1C(=O)c1cccs1.O=C(OCCc1cc2ccccc2s1)c1ccccc1C(=O)c1cccs1.O=C(OCc1cccc([N+](=O)[O-])c1)c1ccccc1C(=O)c1cccs1.O=C(OCc1ccccc1Cl)c1ccccc1C(=O)c1cccs1.O=C(OCc1ccccc1[N+](=O)[O-])c1ccccc1C(=O)c1cccs1. The average molecular weight is 1840 g/mol. The van der Waals surface area contributed by atoms with E-state index >= 15 is 0 Å². The topological polar surface area (TPSA) is 303 Å². The third kappa shape index (κ3) is 25.6. The molecule has 7 aromatic heterocycles. The molecule has 0 radical (unpaired) electrons. The van der Waals surface area contributed by atoms with Gasteiger partial charge in [0.15, 0.2) is 0 Å². The molecule has 0 unspecified atom stereocenters. The number of benzene rings is 9. The molecule has 0 aliphatic carbocycles. The van der Waals surface area contributed by atoms with Crippen LogP contribution in [0, 0.1) is 20.2 Å². The number of hydrogen-bond donors (Lipinski definition) is 0. The van der Waals surface area contributed by atoms with Crippen LogP contribution in [0.1, 0.15) is 161 Å². The Balaban J connectivity index is 0.000000144. The number of rotatable bonds is 30. The number of nitro benzene ring substituents is 2. The van der Waals surface area contributed by atoms with E-state index in [0.717, 1.165) is 18.4 Å². The van der Waals surface area contributed by atoms with Crippen LogP contribution in [0.25, 0.3) is 10.1 Å². The molecule has 0 spiro atoms. The second kappa shape index (κ2) is 46.6. The van der Waals surface area contributed by atoms with Crippen LogP contribution in [0.15, 0.2) is 330 Å². The van der Waals surface area contributed by atoms with Gasteiger partial charge in [-0.25, -0.2) is 24.0 Å². The molecular formula is C98H71ClN2O19S7. The minimum absolute atomic E-state index is 0.0556. The highest BCUT2D eigenvalue weighted by atomic mass is 35.5. The molecule has 16 aromatic rings. The maximum Gasteiger partial charge on any atom is 0.339 e. The second-order valence-corrected chi connectivity index (χ2v) is 34.2. The highest BCUT2D eigenvalue weighted by Gasteiger charge is 2.27. The monoisotopic (exact) mass is 1840 g/mol. The van der Waals surface area contributed by atoms with Crippen LogP contribution < -0.4 is 0 Å². The van der Waals surface area contributed by atoms with Crippen molar-refractivity contribution in [2.75, 3.05) is 13.2 Å². The molecule has 0 saturated carbocycles. The molecule has 127 heavy (non-hydrogen) atoms. The van der Waals surface area contributed by atoms with Crippen molar-refractivity contribution < 1.29 is 81.5 Å². The minimum atomic E-state index is -0.705. The molecular weight excluding hydrogens is 1770 g/mol. The lowest BCUT2D eigenvalue weighted by atomic mass is 10.0. The standard InChI is InChI=1S/C22H16O3S2.C19H13ClO3S.2C19H13NO5S.C19H16O3S2/c23-21(20-10-5-13-26-20)17-7-2-3-8-18(17)22(24)25-12-11-16-14-15-6-1-4-9-19(15)27-16;20-16-9-4-1-6-13(16)12-23-19(22)15-8-3-2-7-14(15)18(21)17-10-5-11-24-17;21-18(17-10-5-11-26-17)14-7-2-3-8-15(14)19(22)25-12-13-6-1-4-9-16(13)20(23)24;21-18(17-9-4-10-26-17)15-7-1-2-8-16(15)19(22)25-12-13-5-3-6-14(11-13)20(23)24;20-18(17-10-5-13-24-17)15-8-1-2-9-16(15)19(21)22-11-3-6-14-7-4-12-23-14/h1-10,13-14H,11-12H2;1-11H,12H2;2*1-11H,12H2;1-2,4-5,7-10,12-13H,3,6,11H2. The maximum absolute atomic E-state index is 12.6. The number of carbonyl (C=O) groups excluding carboxylic acids is 10. The highest BCUT2D eigenvalue weighted by Crippen LogP contribution is 2.30. The van der Waals surface area contributed by atoms with Crippen molar-refractivity contribution in [1.82, 2.24) is 0 Å². The molecule has 9 aromatic carbocycles. The summed E-state index contributed by atoms with van der Waals surface area (Å²) in [5.74, 6) is -3.80. The van der Waals surface area contributed by atoms with Crippen molar-refractivity contribution in [3.05, 3.63) is 461 Å². The number of ketones is 5. The normalized spacial score (nSPS) is 10.5. The van der Waals surface area contributed by atoms with E-state index in [4.69, 9.17) is 35.3 Å². The number of carbonyl (C=O) groups is 10. The van der Waals surface area contributed by atoms with Gasteiger partial charge in [-0.3, -0.25) is 44.2 Å². The number of aryl methyl sites for hydroxylation is 1. The molecule has 29 heteroatoms. The Morgan fingerprint density at radius 1 is 0.299 bits per heavy atom. The minimum Gasteiger partial charge on any atom is -0.462 e. The molecule has 0 fully saturated rings. The Morgan fingerprint density at radius 3 is 1.05 bits per heavy atom. The molecule has 0 saturated heterocycles. The lowest BCUT2D eigenvalue weighted by molar-refractivity contribution is -0.385. The van der Waals surface area contributed by atoms with Gasteiger partial charge in [0.25, 0.3) is 11.4 Å². The summed E-state index contributed by atoms with van der Waals surface area (Å²) in [5, 5.41) is 34.7. The Morgan fingerprint density at radius 2 is 0.654 bits per heavy atom. The number of nitro groups is 2. The highest BCUT2D eigenvalue weighted by molar-refractivity contribution is 7.19. The van der Waals surface area contributed by atoms with E-state index in [-0.39, 0.29) is 100 Å². The van der Waals surface area contributed by atoms with Crippen LogP contribution in [-0.2, 0) is 56.3 Å². The number of para-hydroxylation sites is 1. The number of esters is 5. The number of halogens is 1. The summed E-state index contributed by atoms with van der Waals surface area (Å²) in [6.07, 6.45) is 2.32. The van der Waals surface area contributed by atoms with Crippen molar-refractivity contribution in [3.8, 4) is 0 Å². The number of thiophene rings is 7. The number of nitrogens with zero attached hydrogens (tertiary/aromatic N) is 2. The molecule has 0 aliphatic rings. The summed E-state index contributed by atoms with van der Waals surface area (Å²) in [5.41, 5.74) is 4.09. The van der Waals surface area contributed by atoms with E-state index in [1.54, 1.807) is 221 Å². The van der Waals surface area contributed by atoms with E-state index in [1.165, 1.54) is 119 Å². The number of hydrogen-bond acceptors (Lipinski definition) is 26. The van der Waals surface area contributed by atoms with E-state index in [1.807, 2.05) is 64.0 Å². The van der Waals surface area contributed by atoms with Crippen LogP contribution in [0.3, 0.4) is 0 Å².